The van der Waals surface area contributed by atoms with Gasteiger partial charge in [0.25, 0.3) is 0 Å². The minimum Gasteiger partial charge on any atom is -0.506 e. The van der Waals surface area contributed by atoms with E-state index in [4.69, 9.17) is 25.8 Å². The molecule has 0 unspecified atom stereocenters. The fourth-order valence-corrected chi connectivity index (χ4v) is 2.67. The molecule has 0 fully saturated rings. The Kier molecular flexibility index (Phi) is 6.44. The average molecular weight is 363 g/mol. The van der Waals surface area contributed by atoms with Gasteiger partial charge in [0.05, 0.1) is 17.7 Å². The van der Waals surface area contributed by atoms with Gasteiger partial charge in [0.1, 0.15) is 23.5 Å². The Labute approximate surface area is 151 Å². The second-order valence-corrected chi connectivity index (χ2v) is 5.65. The zero-order chi connectivity index (χ0) is 18.4. The SMILES string of the molecule is COCOc1cc(C)cc(OC)c1C(=CC=O)c1cccc(Cl)c1O. The van der Waals surface area contributed by atoms with E-state index in [1.165, 1.54) is 20.3 Å². The maximum absolute atomic E-state index is 11.3. The van der Waals surface area contributed by atoms with Crippen LogP contribution in [0, 0.1) is 6.92 Å². The second kappa shape index (κ2) is 8.55. The van der Waals surface area contributed by atoms with Crippen molar-refractivity contribution in [3.05, 3.63) is 58.1 Å². The van der Waals surface area contributed by atoms with Crippen molar-refractivity contribution in [1.29, 1.82) is 0 Å². The topological polar surface area (TPSA) is 65.0 Å². The van der Waals surface area contributed by atoms with Gasteiger partial charge >= 0.3 is 0 Å². The second-order valence-electron chi connectivity index (χ2n) is 5.24. The summed E-state index contributed by atoms with van der Waals surface area (Å²) in [7, 11) is 3.03. The lowest BCUT2D eigenvalue weighted by Crippen LogP contribution is -2.04. The number of methoxy groups -OCH3 is 2. The summed E-state index contributed by atoms with van der Waals surface area (Å²) >= 11 is 6.02. The third-order valence-electron chi connectivity index (χ3n) is 3.54. The Bertz CT molecular complexity index is 799. The van der Waals surface area contributed by atoms with E-state index in [2.05, 4.69) is 0 Å². The molecule has 0 aliphatic rings. The van der Waals surface area contributed by atoms with Gasteiger partial charge in [-0.15, -0.1) is 0 Å². The average Bonchev–Trinajstić information content (AvgIpc) is 2.60. The van der Waals surface area contributed by atoms with E-state index in [1.54, 1.807) is 24.3 Å². The Morgan fingerprint density at radius 1 is 1.24 bits per heavy atom. The van der Waals surface area contributed by atoms with Crippen molar-refractivity contribution in [1.82, 2.24) is 0 Å². The molecule has 0 spiro atoms. The van der Waals surface area contributed by atoms with Crippen molar-refractivity contribution in [2.45, 2.75) is 6.92 Å². The molecule has 0 bridgehead atoms. The molecule has 5 nitrogen and oxygen atoms in total. The molecule has 2 aromatic rings. The molecule has 0 heterocycles. The van der Waals surface area contributed by atoms with Gasteiger partial charge in [0, 0.05) is 18.2 Å². The van der Waals surface area contributed by atoms with Crippen molar-refractivity contribution in [3.8, 4) is 17.2 Å². The van der Waals surface area contributed by atoms with E-state index in [1.807, 2.05) is 13.0 Å². The Morgan fingerprint density at radius 2 is 1.96 bits per heavy atom. The van der Waals surface area contributed by atoms with E-state index in [-0.39, 0.29) is 17.6 Å². The van der Waals surface area contributed by atoms with Crippen LogP contribution >= 0.6 is 11.6 Å². The van der Waals surface area contributed by atoms with Crippen LogP contribution in [-0.4, -0.2) is 32.4 Å². The summed E-state index contributed by atoms with van der Waals surface area (Å²) in [4.78, 5) is 11.3. The molecule has 0 aliphatic heterocycles. The minimum absolute atomic E-state index is 0.0233. The Hall–Kier alpha value is -2.50. The molecule has 0 amide bonds. The lowest BCUT2D eigenvalue weighted by molar-refractivity contribution is -0.104. The van der Waals surface area contributed by atoms with Gasteiger partial charge < -0.3 is 19.3 Å². The molecular weight excluding hydrogens is 344 g/mol. The van der Waals surface area contributed by atoms with Crippen LogP contribution in [0.15, 0.2) is 36.4 Å². The number of phenols is 1. The highest BCUT2D eigenvalue weighted by Gasteiger charge is 2.21. The van der Waals surface area contributed by atoms with Crippen LogP contribution in [0.25, 0.3) is 5.57 Å². The normalized spacial score (nSPS) is 11.3. The standard InChI is InChI=1S/C19H19ClO5/c1-12-9-16(24-3)18(17(10-12)25-11-23-2)13(7-8-21)14-5-4-6-15(20)19(14)22/h4-10,22H,11H2,1-3H3. The zero-order valence-electron chi connectivity index (χ0n) is 14.2. The van der Waals surface area contributed by atoms with Crippen molar-refractivity contribution >= 4 is 23.5 Å². The summed E-state index contributed by atoms with van der Waals surface area (Å²) in [5.41, 5.74) is 2.25. The first kappa shape index (κ1) is 18.8. The molecule has 132 valence electrons. The summed E-state index contributed by atoms with van der Waals surface area (Å²) in [6.07, 6.45) is 1.97. The fourth-order valence-electron chi connectivity index (χ4n) is 2.49. The number of aromatic hydroxyl groups is 1. The van der Waals surface area contributed by atoms with Crippen LogP contribution < -0.4 is 9.47 Å². The van der Waals surface area contributed by atoms with E-state index >= 15 is 0 Å². The molecule has 2 rings (SSSR count). The highest BCUT2D eigenvalue weighted by molar-refractivity contribution is 6.32. The number of hydrogen-bond acceptors (Lipinski definition) is 5. The summed E-state index contributed by atoms with van der Waals surface area (Å²) in [6.45, 7) is 1.92. The molecule has 0 saturated heterocycles. The third-order valence-corrected chi connectivity index (χ3v) is 3.85. The summed E-state index contributed by atoms with van der Waals surface area (Å²) < 4.78 is 16.1. The molecule has 0 aromatic heterocycles. The summed E-state index contributed by atoms with van der Waals surface area (Å²) in [6, 6.07) is 8.53. The molecular formula is C19H19ClO5. The third kappa shape index (κ3) is 4.13. The van der Waals surface area contributed by atoms with Crippen LogP contribution in [0.2, 0.25) is 5.02 Å². The number of carbonyl (C=O) groups is 1. The summed E-state index contributed by atoms with van der Waals surface area (Å²) in [5, 5.41) is 10.5. The molecule has 1 N–H and O–H groups in total. The summed E-state index contributed by atoms with van der Waals surface area (Å²) in [5.74, 6) is 0.836. The fraction of sp³-hybridized carbons (Fsp3) is 0.211. The van der Waals surface area contributed by atoms with Crippen molar-refractivity contribution < 1.29 is 24.1 Å². The number of carbonyl (C=O) groups excluding carboxylic acids is 1. The highest BCUT2D eigenvalue weighted by Crippen LogP contribution is 2.43. The maximum Gasteiger partial charge on any atom is 0.188 e. The smallest absolute Gasteiger partial charge is 0.188 e. The quantitative estimate of drug-likeness (QED) is 0.458. The molecule has 0 radical (unpaired) electrons. The number of aryl methyl sites for hydroxylation is 1. The van der Waals surface area contributed by atoms with Crippen LogP contribution in [-0.2, 0) is 9.53 Å². The van der Waals surface area contributed by atoms with Gasteiger partial charge in [-0.05, 0) is 36.8 Å². The van der Waals surface area contributed by atoms with Gasteiger partial charge in [0.15, 0.2) is 6.79 Å². The van der Waals surface area contributed by atoms with Crippen LogP contribution in [0.4, 0.5) is 0 Å². The number of hydrogen-bond donors (Lipinski definition) is 1. The largest absolute Gasteiger partial charge is 0.506 e. The van der Waals surface area contributed by atoms with Crippen LogP contribution in [0.1, 0.15) is 16.7 Å². The number of halogens is 1. The minimum atomic E-state index is -0.127. The van der Waals surface area contributed by atoms with Gasteiger partial charge in [-0.1, -0.05) is 23.7 Å². The maximum atomic E-state index is 11.3. The number of aldehydes is 1. The van der Waals surface area contributed by atoms with Crippen LogP contribution in [0.3, 0.4) is 0 Å². The first-order valence-corrected chi connectivity index (χ1v) is 7.85. The van der Waals surface area contributed by atoms with Crippen LogP contribution in [0.5, 0.6) is 17.2 Å². The number of phenolic OH excluding ortho intramolecular Hbond substituents is 1. The van der Waals surface area contributed by atoms with Gasteiger partial charge in [-0.25, -0.2) is 0 Å². The van der Waals surface area contributed by atoms with Crippen molar-refractivity contribution in [3.63, 3.8) is 0 Å². The van der Waals surface area contributed by atoms with Gasteiger partial charge in [-0.2, -0.15) is 0 Å². The van der Waals surface area contributed by atoms with Gasteiger partial charge in [0.2, 0.25) is 0 Å². The Morgan fingerprint density at radius 3 is 2.60 bits per heavy atom. The molecule has 25 heavy (non-hydrogen) atoms. The molecule has 0 aliphatic carbocycles. The van der Waals surface area contributed by atoms with E-state index in [9.17, 15) is 9.90 Å². The monoisotopic (exact) mass is 362 g/mol. The van der Waals surface area contributed by atoms with Gasteiger partial charge in [-0.3, -0.25) is 4.79 Å². The van der Waals surface area contributed by atoms with E-state index in [0.29, 0.717) is 34.5 Å². The van der Waals surface area contributed by atoms with Crippen molar-refractivity contribution in [2.75, 3.05) is 21.0 Å². The van der Waals surface area contributed by atoms with E-state index in [0.717, 1.165) is 5.56 Å². The van der Waals surface area contributed by atoms with E-state index < -0.39 is 0 Å². The first-order chi connectivity index (χ1) is 12.0. The predicted molar refractivity (Wildman–Crippen MR) is 96.5 cm³/mol. The number of benzene rings is 2. The Balaban J connectivity index is 2.75. The number of allylic oxidation sites excluding steroid dienone is 1. The number of ether oxygens (including phenoxy) is 3. The first-order valence-electron chi connectivity index (χ1n) is 7.47. The number of para-hydroxylation sites is 1. The predicted octanol–water partition coefficient (Wildman–Crippen LogP) is 3.98. The zero-order valence-corrected chi connectivity index (χ0v) is 15.0. The molecule has 6 heteroatoms. The molecule has 0 saturated carbocycles. The molecule has 0 atom stereocenters. The highest BCUT2D eigenvalue weighted by atomic mass is 35.5. The lowest BCUT2D eigenvalue weighted by atomic mass is 9.94. The number of rotatable bonds is 7. The molecule has 2 aromatic carbocycles. The van der Waals surface area contributed by atoms with Crippen molar-refractivity contribution in [2.24, 2.45) is 0 Å². The lowest BCUT2D eigenvalue weighted by Gasteiger charge is -2.19.